The lowest BCUT2D eigenvalue weighted by atomic mass is 10.1. The van der Waals surface area contributed by atoms with Crippen LogP contribution in [0.25, 0.3) is 0 Å². The Kier molecular flexibility index (Phi) is 10.2. The van der Waals surface area contributed by atoms with E-state index in [0.717, 1.165) is 11.3 Å². The molecule has 1 atom stereocenters. The summed E-state index contributed by atoms with van der Waals surface area (Å²) in [4.78, 5) is 27.4. The van der Waals surface area contributed by atoms with Crippen LogP contribution in [0.5, 0.6) is 0 Å². The molecule has 2 aromatic carbocycles. The average Bonchev–Trinajstić information content (AvgIpc) is 2.72. The molecule has 0 aromatic heterocycles. The number of carbonyl (C=O) groups excluding carboxylic acids is 2. The molecule has 1 N–H and O–H groups in total. The molecule has 168 valence electrons. The molecule has 2 amide bonds. The molecule has 0 spiro atoms. The van der Waals surface area contributed by atoms with Crippen LogP contribution in [0.2, 0.25) is 10.0 Å². The van der Waals surface area contributed by atoms with E-state index in [1.165, 1.54) is 11.1 Å². The van der Waals surface area contributed by atoms with Crippen LogP contribution in [0.3, 0.4) is 0 Å². The predicted molar refractivity (Wildman–Crippen MR) is 132 cm³/mol. The smallest absolute Gasteiger partial charge is 0.242 e. The van der Waals surface area contributed by atoms with Crippen molar-refractivity contribution in [3.8, 4) is 0 Å². The largest absolute Gasteiger partial charge is 0.354 e. The first-order valence-electron chi connectivity index (χ1n) is 10.3. The Hall–Kier alpha value is -1.69. The summed E-state index contributed by atoms with van der Waals surface area (Å²) in [6, 6.07) is 12.7. The maximum atomic E-state index is 13.1. The summed E-state index contributed by atoms with van der Waals surface area (Å²) < 4.78 is 0. The van der Waals surface area contributed by atoms with Crippen molar-refractivity contribution < 1.29 is 9.59 Å². The minimum atomic E-state index is -0.614. The third-order valence-corrected chi connectivity index (χ3v) is 6.51. The van der Waals surface area contributed by atoms with Crippen LogP contribution in [0.4, 0.5) is 0 Å². The van der Waals surface area contributed by atoms with Crippen molar-refractivity contribution in [3.63, 3.8) is 0 Å². The summed E-state index contributed by atoms with van der Waals surface area (Å²) in [6.07, 6.45) is 0. The number of halogens is 2. The van der Waals surface area contributed by atoms with Crippen LogP contribution in [-0.4, -0.2) is 35.1 Å². The summed E-state index contributed by atoms with van der Waals surface area (Å²) in [7, 11) is 0. The molecular formula is C24H30Cl2N2O2S. The zero-order valence-corrected chi connectivity index (χ0v) is 20.8. The average molecular weight is 481 g/mol. The van der Waals surface area contributed by atoms with Gasteiger partial charge < -0.3 is 10.2 Å². The Balaban J connectivity index is 2.12. The first kappa shape index (κ1) is 25.6. The number of aryl methyl sites for hydroxylation is 1. The number of nitrogens with zero attached hydrogens (tertiary/aromatic N) is 1. The van der Waals surface area contributed by atoms with E-state index in [9.17, 15) is 9.59 Å². The molecule has 2 aromatic rings. The van der Waals surface area contributed by atoms with E-state index in [0.29, 0.717) is 22.5 Å². The molecule has 0 saturated carbocycles. The maximum absolute atomic E-state index is 13.1. The first-order chi connectivity index (χ1) is 14.7. The summed E-state index contributed by atoms with van der Waals surface area (Å²) in [5.41, 5.74) is 3.16. The second kappa shape index (κ2) is 12.4. The standard InChI is InChI=1S/C24H30Cl2N2O2S/c1-16(2)12-27-24(30)18(4)28(13-19-9-10-21(25)11-22(19)26)23(29)15-31-14-20-8-6-5-7-17(20)3/h5-11,16,18H,12-15H2,1-4H3,(H,27,30). The highest BCUT2D eigenvalue weighted by atomic mass is 35.5. The maximum Gasteiger partial charge on any atom is 0.242 e. The summed E-state index contributed by atoms with van der Waals surface area (Å²) >= 11 is 13.9. The SMILES string of the molecule is Cc1ccccc1CSCC(=O)N(Cc1ccc(Cl)cc1Cl)C(C)C(=O)NCC(C)C. The van der Waals surface area contributed by atoms with E-state index in [4.69, 9.17) is 23.2 Å². The number of hydrogen-bond donors (Lipinski definition) is 1. The van der Waals surface area contributed by atoms with Gasteiger partial charge in [-0.15, -0.1) is 11.8 Å². The molecule has 0 aliphatic carbocycles. The summed E-state index contributed by atoms with van der Waals surface area (Å²) in [5.74, 6) is 1.08. The van der Waals surface area contributed by atoms with E-state index in [-0.39, 0.29) is 24.1 Å². The van der Waals surface area contributed by atoms with Crippen LogP contribution in [-0.2, 0) is 21.9 Å². The van der Waals surface area contributed by atoms with E-state index in [1.807, 2.05) is 26.0 Å². The van der Waals surface area contributed by atoms with Crippen molar-refractivity contribution >= 4 is 46.8 Å². The van der Waals surface area contributed by atoms with Gasteiger partial charge in [-0.1, -0.05) is 67.4 Å². The van der Waals surface area contributed by atoms with Crippen LogP contribution < -0.4 is 5.32 Å². The first-order valence-corrected chi connectivity index (χ1v) is 12.2. The number of nitrogens with one attached hydrogen (secondary N) is 1. The molecule has 0 heterocycles. The highest BCUT2D eigenvalue weighted by Gasteiger charge is 2.26. The Morgan fingerprint density at radius 1 is 1.06 bits per heavy atom. The van der Waals surface area contributed by atoms with Crippen LogP contribution >= 0.6 is 35.0 Å². The zero-order chi connectivity index (χ0) is 23.0. The van der Waals surface area contributed by atoms with Crippen molar-refractivity contribution in [1.29, 1.82) is 0 Å². The second-order valence-electron chi connectivity index (χ2n) is 7.99. The van der Waals surface area contributed by atoms with Crippen molar-refractivity contribution in [1.82, 2.24) is 10.2 Å². The van der Waals surface area contributed by atoms with Gasteiger partial charge in [0.15, 0.2) is 0 Å². The van der Waals surface area contributed by atoms with Gasteiger partial charge in [-0.25, -0.2) is 0 Å². The van der Waals surface area contributed by atoms with Gasteiger partial charge in [0, 0.05) is 28.9 Å². The fourth-order valence-corrected chi connectivity index (χ4v) is 4.43. The topological polar surface area (TPSA) is 49.4 Å². The molecule has 0 radical (unpaired) electrons. The summed E-state index contributed by atoms with van der Waals surface area (Å²) in [5, 5.41) is 3.93. The minimum Gasteiger partial charge on any atom is -0.354 e. The highest BCUT2D eigenvalue weighted by Crippen LogP contribution is 2.24. The normalized spacial score (nSPS) is 12.0. The molecule has 0 bridgehead atoms. The van der Waals surface area contributed by atoms with E-state index < -0.39 is 6.04 Å². The Bertz CT molecular complexity index is 905. The summed E-state index contributed by atoms with van der Waals surface area (Å²) in [6.45, 7) is 8.69. The molecule has 0 saturated heterocycles. The fraction of sp³-hybridized carbons (Fsp3) is 0.417. The quantitative estimate of drug-likeness (QED) is 0.472. The van der Waals surface area contributed by atoms with Gasteiger partial charge in [0.2, 0.25) is 11.8 Å². The zero-order valence-electron chi connectivity index (χ0n) is 18.5. The number of rotatable bonds is 10. The second-order valence-corrected chi connectivity index (χ2v) is 9.82. The molecule has 7 heteroatoms. The van der Waals surface area contributed by atoms with Gasteiger partial charge in [-0.05, 0) is 48.6 Å². The molecule has 4 nitrogen and oxygen atoms in total. The molecular weight excluding hydrogens is 451 g/mol. The molecule has 1 unspecified atom stereocenters. The van der Waals surface area contributed by atoms with Gasteiger partial charge in [0.1, 0.15) is 6.04 Å². The highest BCUT2D eigenvalue weighted by molar-refractivity contribution is 7.99. The number of benzene rings is 2. The van der Waals surface area contributed by atoms with Gasteiger partial charge in [0.25, 0.3) is 0 Å². The van der Waals surface area contributed by atoms with Crippen LogP contribution in [0, 0.1) is 12.8 Å². The lowest BCUT2D eigenvalue weighted by Crippen LogP contribution is -2.48. The lowest BCUT2D eigenvalue weighted by Gasteiger charge is -2.29. The fourth-order valence-electron chi connectivity index (χ4n) is 2.97. The number of thioether (sulfide) groups is 1. The van der Waals surface area contributed by atoms with Gasteiger partial charge in [-0.2, -0.15) is 0 Å². The molecule has 0 aliphatic heterocycles. The number of amides is 2. The Labute approximate surface area is 199 Å². The van der Waals surface area contributed by atoms with Crippen molar-refractivity contribution in [2.24, 2.45) is 5.92 Å². The van der Waals surface area contributed by atoms with Crippen LogP contribution in [0.15, 0.2) is 42.5 Å². The third kappa shape index (κ3) is 8.06. The van der Waals surface area contributed by atoms with Gasteiger partial charge >= 0.3 is 0 Å². The molecule has 0 fully saturated rings. The van der Waals surface area contributed by atoms with Crippen LogP contribution in [0.1, 0.15) is 37.5 Å². The van der Waals surface area contributed by atoms with Crippen molar-refractivity contribution in [2.75, 3.05) is 12.3 Å². The minimum absolute atomic E-state index is 0.100. The Morgan fingerprint density at radius 2 is 1.77 bits per heavy atom. The van der Waals surface area contributed by atoms with Crippen molar-refractivity contribution in [2.45, 2.75) is 46.0 Å². The number of carbonyl (C=O) groups is 2. The Morgan fingerprint density at radius 3 is 2.42 bits per heavy atom. The lowest BCUT2D eigenvalue weighted by molar-refractivity contribution is -0.138. The van der Waals surface area contributed by atoms with Crippen molar-refractivity contribution in [3.05, 3.63) is 69.2 Å². The number of hydrogen-bond acceptors (Lipinski definition) is 3. The van der Waals surface area contributed by atoms with E-state index in [1.54, 1.807) is 41.8 Å². The third-order valence-electron chi connectivity index (χ3n) is 4.95. The molecule has 31 heavy (non-hydrogen) atoms. The van der Waals surface area contributed by atoms with Gasteiger partial charge in [-0.3, -0.25) is 9.59 Å². The predicted octanol–water partition coefficient (Wildman–Crippen LogP) is 5.72. The molecule has 2 rings (SSSR count). The van der Waals surface area contributed by atoms with E-state index >= 15 is 0 Å². The van der Waals surface area contributed by atoms with Gasteiger partial charge in [0.05, 0.1) is 5.75 Å². The monoisotopic (exact) mass is 480 g/mol. The van der Waals surface area contributed by atoms with E-state index in [2.05, 4.69) is 24.4 Å². The molecule has 0 aliphatic rings.